The molecule has 0 saturated heterocycles. The van der Waals surface area contributed by atoms with Gasteiger partial charge in [-0.2, -0.15) is 0 Å². The molecule has 4 nitrogen and oxygen atoms in total. The van der Waals surface area contributed by atoms with Gasteiger partial charge < -0.3 is 5.32 Å². The highest BCUT2D eigenvalue weighted by atomic mass is 16.2. The zero-order valence-corrected chi connectivity index (χ0v) is 9.92. The fourth-order valence-corrected chi connectivity index (χ4v) is 1.79. The van der Waals surface area contributed by atoms with E-state index in [9.17, 15) is 4.79 Å². The topological polar surface area (TPSA) is 46.9 Å². The number of nitrogens with one attached hydrogen (secondary N) is 1. The van der Waals surface area contributed by atoms with Gasteiger partial charge in [-0.15, -0.1) is 0 Å². The van der Waals surface area contributed by atoms with Crippen LogP contribution < -0.4 is 5.32 Å². The van der Waals surface area contributed by atoms with Gasteiger partial charge in [-0.3, -0.25) is 4.57 Å². The van der Waals surface area contributed by atoms with Crippen LogP contribution in [0.5, 0.6) is 0 Å². The molecule has 2 rings (SSSR count). The predicted octanol–water partition coefficient (Wildman–Crippen LogP) is 2.51. The van der Waals surface area contributed by atoms with Crippen LogP contribution in [0.2, 0.25) is 0 Å². The molecule has 1 unspecified atom stereocenters. The van der Waals surface area contributed by atoms with Gasteiger partial charge in [0.1, 0.15) is 6.33 Å². The van der Waals surface area contributed by atoms with Gasteiger partial charge in [0.05, 0.1) is 6.04 Å². The van der Waals surface area contributed by atoms with Crippen LogP contribution in [-0.4, -0.2) is 15.6 Å². The number of hydrogen-bond donors (Lipinski definition) is 1. The number of amides is 1. The first-order valence-corrected chi connectivity index (χ1v) is 5.53. The quantitative estimate of drug-likeness (QED) is 0.860. The Hall–Kier alpha value is -2.10. The summed E-state index contributed by atoms with van der Waals surface area (Å²) in [5, 5.41) is 2.92. The molecule has 4 heteroatoms. The zero-order valence-electron chi connectivity index (χ0n) is 9.92. The Morgan fingerprint density at radius 3 is 2.82 bits per heavy atom. The molecule has 1 aromatic carbocycles. The Morgan fingerprint density at radius 1 is 1.41 bits per heavy atom. The molecule has 0 aliphatic heterocycles. The fourth-order valence-electron chi connectivity index (χ4n) is 1.79. The zero-order chi connectivity index (χ0) is 12.3. The molecule has 0 spiro atoms. The van der Waals surface area contributed by atoms with Gasteiger partial charge >= 0.3 is 6.03 Å². The van der Waals surface area contributed by atoms with Gasteiger partial charge in [-0.25, -0.2) is 9.78 Å². The Morgan fingerprint density at radius 2 is 2.18 bits per heavy atom. The second-order valence-electron chi connectivity index (χ2n) is 4.00. The fraction of sp³-hybridized carbons (Fsp3) is 0.231. The van der Waals surface area contributed by atoms with E-state index in [1.165, 1.54) is 16.5 Å². The van der Waals surface area contributed by atoms with Crippen molar-refractivity contribution < 1.29 is 4.79 Å². The molecule has 0 bridgehead atoms. The van der Waals surface area contributed by atoms with Crippen molar-refractivity contribution in [3.8, 4) is 0 Å². The van der Waals surface area contributed by atoms with Crippen LogP contribution in [0.3, 0.4) is 0 Å². The third-order valence-electron chi connectivity index (χ3n) is 2.73. The van der Waals surface area contributed by atoms with E-state index in [-0.39, 0.29) is 12.1 Å². The molecule has 0 fully saturated rings. The molecule has 88 valence electrons. The highest BCUT2D eigenvalue weighted by molar-refractivity contribution is 5.76. The van der Waals surface area contributed by atoms with Crippen molar-refractivity contribution in [3.63, 3.8) is 0 Å². The lowest BCUT2D eigenvalue weighted by atomic mass is 10.0. The summed E-state index contributed by atoms with van der Waals surface area (Å²) in [7, 11) is 0. The van der Waals surface area contributed by atoms with E-state index in [1.54, 1.807) is 12.4 Å². The van der Waals surface area contributed by atoms with Crippen LogP contribution in [0.15, 0.2) is 43.0 Å². The highest BCUT2D eigenvalue weighted by Gasteiger charge is 2.11. The van der Waals surface area contributed by atoms with Crippen molar-refractivity contribution in [2.24, 2.45) is 0 Å². The number of nitrogens with zero attached hydrogens (tertiary/aromatic N) is 2. The van der Waals surface area contributed by atoms with Crippen molar-refractivity contribution >= 4 is 6.03 Å². The van der Waals surface area contributed by atoms with E-state index >= 15 is 0 Å². The van der Waals surface area contributed by atoms with Crippen LogP contribution in [0, 0.1) is 6.92 Å². The molecule has 1 amide bonds. The van der Waals surface area contributed by atoms with Gasteiger partial charge in [0, 0.05) is 12.4 Å². The smallest absolute Gasteiger partial charge is 0.327 e. The first-order chi connectivity index (χ1) is 8.18. The van der Waals surface area contributed by atoms with Crippen molar-refractivity contribution in [1.82, 2.24) is 14.9 Å². The first kappa shape index (κ1) is 11.4. The molecule has 0 aliphatic rings. The molecule has 17 heavy (non-hydrogen) atoms. The van der Waals surface area contributed by atoms with E-state index < -0.39 is 0 Å². The summed E-state index contributed by atoms with van der Waals surface area (Å²) in [6.45, 7) is 4.01. The number of carbonyl (C=O) groups excluding carboxylic acids is 1. The molecule has 2 aromatic rings. The molecule has 1 N–H and O–H groups in total. The van der Waals surface area contributed by atoms with Crippen LogP contribution in [0.4, 0.5) is 4.79 Å². The summed E-state index contributed by atoms with van der Waals surface area (Å²) in [4.78, 5) is 15.7. The number of carbonyl (C=O) groups is 1. The van der Waals surface area contributed by atoms with E-state index in [2.05, 4.69) is 10.3 Å². The second kappa shape index (κ2) is 4.82. The second-order valence-corrected chi connectivity index (χ2v) is 4.00. The standard InChI is InChI=1S/C13H15N3O/c1-10-5-3-4-6-12(10)11(2)15-13(17)16-8-7-14-9-16/h3-9,11H,1-2H3,(H,15,17). The molecule has 0 radical (unpaired) electrons. The summed E-state index contributed by atoms with van der Waals surface area (Å²) in [5.41, 5.74) is 2.30. The van der Waals surface area contributed by atoms with Crippen LogP contribution >= 0.6 is 0 Å². The lowest BCUT2D eigenvalue weighted by Crippen LogP contribution is -2.30. The number of imidazole rings is 1. The van der Waals surface area contributed by atoms with Crippen LogP contribution in [0.25, 0.3) is 0 Å². The largest absolute Gasteiger partial charge is 0.331 e. The Kier molecular flexibility index (Phi) is 3.23. The summed E-state index contributed by atoms with van der Waals surface area (Å²) >= 11 is 0. The van der Waals surface area contributed by atoms with Gasteiger partial charge in [-0.05, 0) is 25.0 Å². The highest BCUT2D eigenvalue weighted by Crippen LogP contribution is 2.16. The molecule has 1 atom stereocenters. The molecular formula is C13H15N3O. The van der Waals surface area contributed by atoms with Crippen LogP contribution in [-0.2, 0) is 0 Å². The number of benzene rings is 1. The van der Waals surface area contributed by atoms with Gasteiger partial charge in [0.2, 0.25) is 0 Å². The van der Waals surface area contributed by atoms with E-state index in [4.69, 9.17) is 0 Å². The molecule has 0 aliphatic carbocycles. The summed E-state index contributed by atoms with van der Waals surface area (Å²) in [6.07, 6.45) is 4.69. The number of aromatic nitrogens is 2. The minimum Gasteiger partial charge on any atom is -0.331 e. The number of aryl methyl sites for hydroxylation is 1. The Bertz CT molecular complexity index is 505. The average Bonchev–Trinajstić information content (AvgIpc) is 2.82. The summed E-state index contributed by atoms with van der Waals surface area (Å²) < 4.78 is 1.43. The number of hydrogen-bond acceptors (Lipinski definition) is 2. The maximum atomic E-state index is 11.8. The molecule has 1 heterocycles. The first-order valence-electron chi connectivity index (χ1n) is 5.53. The number of rotatable bonds is 2. The summed E-state index contributed by atoms with van der Waals surface area (Å²) in [5.74, 6) is 0. The lowest BCUT2D eigenvalue weighted by Gasteiger charge is -2.16. The van der Waals surface area contributed by atoms with E-state index in [0.29, 0.717) is 0 Å². The normalized spacial score (nSPS) is 12.1. The van der Waals surface area contributed by atoms with Gasteiger partial charge in [-0.1, -0.05) is 24.3 Å². The van der Waals surface area contributed by atoms with Crippen LogP contribution in [0.1, 0.15) is 24.1 Å². The SMILES string of the molecule is Cc1ccccc1C(C)NC(=O)n1ccnc1. The minimum atomic E-state index is -0.168. The van der Waals surface area contributed by atoms with Gasteiger partial charge in [0.15, 0.2) is 0 Å². The van der Waals surface area contributed by atoms with Crippen molar-refractivity contribution in [2.45, 2.75) is 19.9 Å². The molecular weight excluding hydrogens is 214 g/mol. The monoisotopic (exact) mass is 229 g/mol. The van der Waals surface area contributed by atoms with Crippen molar-refractivity contribution in [1.29, 1.82) is 0 Å². The van der Waals surface area contributed by atoms with Crippen molar-refractivity contribution in [2.75, 3.05) is 0 Å². The third-order valence-corrected chi connectivity index (χ3v) is 2.73. The predicted molar refractivity (Wildman–Crippen MR) is 65.8 cm³/mol. The Labute approximate surface area is 100 Å². The Balaban J connectivity index is 2.10. The maximum absolute atomic E-state index is 11.8. The summed E-state index contributed by atoms with van der Waals surface area (Å²) in [6, 6.07) is 7.83. The molecule has 1 aromatic heterocycles. The van der Waals surface area contributed by atoms with E-state index in [0.717, 1.165) is 5.56 Å². The minimum absolute atomic E-state index is 0.0221. The van der Waals surface area contributed by atoms with Gasteiger partial charge in [0.25, 0.3) is 0 Å². The van der Waals surface area contributed by atoms with E-state index in [1.807, 2.05) is 38.1 Å². The average molecular weight is 229 g/mol. The third kappa shape index (κ3) is 2.53. The lowest BCUT2D eigenvalue weighted by molar-refractivity contribution is 0.239. The van der Waals surface area contributed by atoms with Crippen molar-refractivity contribution in [3.05, 3.63) is 54.1 Å². The maximum Gasteiger partial charge on any atom is 0.327 e. The molecule has 0 saturated carbocycles.